The molecule has 0 bridgehead atoms. The molecule has 0 saturated heterocycles. The lowest BCUT2D eigenvalue weighted by molar-refractivity contribution is -0.116. The van der Waals surface area contributed by atoms with Crippen molar-refractivity contribution in [2.45, 2.75) is 32.7 Å². The van der Waals surface area contributed by atoms with Gasteiger partial charge in [-0.25, -0.2) is 0 Å². The first-order valence-corrected chi connectivity index (χ1v) is 7.79. The molecule has 0 aliphatic heterocycles. The number of para-hydroxylation sites is 1. The van der Waals surface area contributed by atoms with Crippen molar-refractivity contribution >= 4 is 17.3 Å². The second kappa shape index (κ2) is 8.00. The van der Waals surface area contributed by atoms with Gasteiger partial charge in [0.25, 0.3) is 0 Å². The number of hydrogen-bond acceptors (Lipinski definition) is 3. The third-order valence-corrected chi connectivity index (χ3v) is 3.57. The standard InChI is InChI=1S/C19H21N3O/c1-3-6-15-9-11-17(12-10-15)21-14(2)19(23)22-18-8-5-4-7-16(18)13-20/h4-5,7-12,14,21H,3,6H2,1-2H3,(H,22,23)/t14-/m1/s1. The molecule has 118 valence electrons. The number of aryl methyl sites for hydroxylation is 1. The molecule has 0 aliphatic rings. The average Bonchev–Trinajstić information content (AvgIpc) is 2.57. The number of nitrogens with zero attached hydrogens (tertiary/aromatic N) is 1. The van der Waals surface area contributed by atoms with Crippen molar-refractivity contribution < 1.29 is 4.79 Å². The molecule has 2 N–H and O–H groups in total. The Morgan fingerprint density at radius 1 is 1.17 bits per heavy atom. The first-order valence-electron chi connectivity index (χ1n) is 7.79. The zero-order valence-corrected chi connectivity index (χ0v) is 13.5. The van der Waals surface area contributed by atoms with E-state index in [-0.39, 0.29) is 5.91 Å². The van der Waals surface area contributed by atoms with Crippen LogP contribution in [0.5, 0.6) is 0 Å². The van der Waals surface area contributed by atoms with E-state index in [1.54, 1.807) is 31.2 Å². The van der Waals surface area contributed by atoms with Crippen LogP contribution in [0.3, 0.4) is 0 Å². The molecular formula is C19H21N3O. The van der Waals surface area contributed by atoms with E-state index in [9.17, 15) is 4.79 Å². The van der Waals surface area contributed by atoms with Gasteiger partial charge in [-0.1, -0.05) is 37.6 Å². The van der Waals surface area contributed by atoms with Crippen LogP contribution in [0.15, 0.2) is 48.5 Å². The van der Waals surface area contributed by atoms with E-state index < -0.39 is 6.04 Å². The van der Waals surface area contributed by atoms with Crippen LogP contribution in [0, 0.1) is 11.3 Å². The number of benzene rings is 2. The molecule has 0 saturated carbocycles. The van der Waals surface area contributed by atoms with Crippen molar-refractivity contribution in [1.82, 2.24) is 0 Å². The number of nitriles is 1. The first kappa shape index (κ1) is 16.6. The molecule has 0 fully saturated rings. The molecule has 0 aromatic heterocycles. The van der Waals surface area contributed by atoms with Crippen LogP contribution in [0.2, 0.25) is 0 Å². The molecule has 2 rings (SSSR count). The molecule has 1 atom stereocenters. The van der Waals surface area contributed by atoms with Gasteiger partial charge < -0.3 is 10.6 Å². The fourth-order valence-corrected chi connectivity index (χ4v) is 2.30. The summed E-state index contributed by atoms with van der Waals surface area (Å²) in [5.41, 5.74) is 3.18. The fraction of sp³-hybridized carbons (Fsp3) is 0.263. The van der Waals surface area contributed by atoms with Crippen molar-refractivity contribution in [2.75, 3.05) is 10.6 Å². The van der Waals surface area contributed by atoms with Crippen LogP contribution in [-0.4, -0.2) is 11.9 Å². The highest BCUT2D eigenvalue weighted by molar-refractivity contribution is 5.97. The Kier molecular flexibility index (Phi) is 5.76. The Labute approximate surface area is 137 Å². The first-order chi connectivity index (χ1) is 11.1. The van der Waals surface area contributed by atoms with Crippen molar-refractivity contribution in [3.63, 3.8) is 0 Å². The highest BCUT2D eigenvalue weighted by Gasteiger charge is 2.14. The summed E-state index contributed by atoms with van der Waals surface area (Å²) in [6.45, 7) is 3.95. The Bertz CT molecular complexity index is 701. The Hall–Kier alpha value is -2.80. The average molecular weight is 307 g/mol. The van der Waals surface area contributed by atoms with Gasteiger partial charge in [-0.3, -0.25) is 4.79 Å². The quantitative estimate of drug-likeness (QED) is 0.849. The maximum Gasteiger partial charge on any atom is 0.246 e. The molecule has 1 amide bonds. The molecule has 0 heterocycles. The van der Waals surface area contributed by atoms with E-state index >= 15 is 0 Å². The van der Waals surface area contributed by atoms with Crippen molar-refractivity contribution in [3.05, 3.63) is 59.7 Å². The Morgan fingerprint density at radius 2 is 1.87 bits per heavy atom. The number of rotatable bonds is 6. The summed E-state index contributed by atoms with van der Waals surface area (Å²) in [6, 6.07) is 16.7. The summed E-state index contributed by atoms with van der Waals surface area (Å²) >= 11 is 0. The fourth-order valence-electron chi connectivity index (χ4n) is 2.30. The molecule has 0 aliphatic carbocycles. The lowest BCUT2D eigenvalue weighted by atomic mass is 10.1. The third kappa shape index (κ3) is 4.58. The molecule has 2 aromatic carbocycles. The molecule has 23 heavy (non-hydrogen) atoms. The Morgan fingerprint density at radius 3 is 2.52 bits per heavy atom. The van der Waals surface area contributed by atoms with Crippen molar-refractivity contribution in [1.29, 1.82) is 5.26 Å². The number of hydrogen-bond donors (Lipinski definition) is 2. The number of anilines is 2. The highest BCUT2D eigenvalue weighted by atomic mass is 16.2. The predicted molar refractivity (Wildman–Crippen MR) is 93.3 cm³/mol. The van der Waals surface area contributed by atoms with Crippen LogP contribution in [0.25, 0.3) is 0 Å². The van der Waals surface area contributed by atoms with Crippen LogP contribution < -0.4 is 10.6 Å². The summed E-state index contributed by atoms with van der Waals surface area (Å²) in [6.07, 6.45) is 2.17. The van der Waals surface area contributed by atoms with Gasteiger partial charge in [-0.05, 0) is 43.2 Å². The third-order valence-electron chi connectivity index (χ3n) is 3.57. The van der Waals surface area contributed by atoms with Gasteiger partial charge in [-0.2, -0.15) is 5.26 Å². The zero-order chi connectivity index (χ0) is 16.7. The minimum Gasteiger partial charge on any atom is -0.374 e. The number of carbonyl (C=O) groups excluding carboxylic acids is 1. The summed E-state index contributed by atoms with van der Waals surface area (Å²) in [5.74, 6) is -0.176. The topological polar surface area (TPSA) is 64.9 Å². The highest BCUT2D eigenvalue weighted by Crippen LogP contribution is 2.15. The normalized spacial score (nSPS) is 11.3. The van der Waals surface area contributed by atoms with Gasteiger partial charge >= 0.3 is 0 Å². The lowest BCUT2D eigenvalue weighted by Gasteiger charge is -2.16. The molecular weight excluding hydrogens is 286 g/mol. The van der Waals surface area contributed by atoms with E-state index in [2.05, 4.69) is 35.8 Å². The molecule has 0 unspecified atom stereocenters. The van der Waals surface area contributed by atoms with Gasteiger partial charge in [0.05, 0.1) is 11.3 Å². The molecule has 0 spiro atoms. The maximum absolute atomic E-state index is 12.3. The molecule has 4 nitrogen and oxygen atoms in total. The monoisotopic (exact) mass is 307 g/mol. The van der Waals surface area contributed by atoms with Crippen molar-refractivity contribution in [3.8, 4) is 6.07 Å². The number of nitrogens with one attached hydrogen (secondary N) is 2. The second-order valence-corrected chi connectivity index (χ2v) is 5.46. The van der Waals surface area contributed by atoms with Gasteiger partial charge in [0.2, 0.25) is 5.91 Å². The van der Waals surface area contributed by atoms with Gasteiger partial charge in [0.15, 0.2) is 0 Å². The molecule has 2 aromatic rings. The van der Waals surface area contributed by atoms with Gasteiger partial charge in [0, 0.05) is 5.69 Å². The summed E-state index contributed by atoms with van der Waals surface area (Å²) in [4.78, 5) is 12.3. The van der Waals surface area contributed by atoms with E-state index in [1.165, 1.54) is 5.56 Å². The largest absolute Gasteiger partial charge is 0.374 e. The van der Waals surface area contributed by atoms with E-state index in [1.807, 2.05) is 12.1 Å². The van der Waals surface area contributed by atoms with Crippen molar-refractivity contribution in [2.24, 2.45) is 0 Å². The van der Waals surface area contributed by atoms with Crippen LogP contribution in [-0.2, 0) is 11.2 Å². The Balaban J connectivity index is 1.98. The van der Waals surface area contributed by atoms with E-state index in [4.69, 9.17) is 5.26 Å². The maximum atomic E-state index is 12.3. The number of amides is 1. The molecule has 0 radical (unpaired) electrons. The minimum absolute atomic E-state index is 0.176. The van der Waals surface area contributed by atoms with Gasteiger partial charge in [0.1, 0.15) is 12.1 Å². The van der Waals surface area contributed by atoms with E-state index in [0.29, 0.717) is 11.3 Å². The predicted octanol–water partition coefficient (Wildman–Crippen LogP) is 3.95. The minimum atomic E-state index is -0.404. The van der Waals surface area contributed by atoms with Gasteiger partial charge in [-0.15, -0.1) is 0 Å². The zero-order valence-electron chi connectivity index (χ0n) is 13.5. The van der Waals surface area contributed by atoms with E-state index in [0.717, 1.165) is 18.5 Å². The molecule has 4 heteroatoms. The summed E-state index contributed by atoms with van der Waals surface area (Å²) < 4.78 is 0. The second-order valence-electron chi connectivity index (χ2n) is 5.46. The number of carbonyl (C=O) groups is 1. The SMILES string of the molecule is CCCc1ccc(N[C@H](C)C(=O)Nc2ccccc2C#N)cc1. The van der Waals surface area contributed by atoms with Crippen LogP contribution >= 0.6 is 0 Å². The van der Waals surface area contributed by atoms with Crippen LogP contribution in [0.1, 0.15) is 31.4 Å². The smallest absolute Gasteiger partial charge is 0.246 e. The van der Waals surface area contributed by atoms with Crippen LogP contribution in [0.4, 0.5) is 11.4 Å². The summed E-state index contributed by atoms with van der Waals surface area (Å²) in [5, 5.41) is 15.0. The lowest BCUT2D eigenvalue weighted by Crippen LogP contribution is -2.32. The summed E-state index contributed by atoms with van der Waals surface area (Å²) in [7, 11) is 0.